The first-order valence-electron chi connectivity index (χ1n) is 4.01. The molecule has 0 aromatic rings. The van der Waals surface area contributed by atoms with Crippen LogP contribution in [0.2, 0.25) is 0 Å². The zero-order chi connectivity index (χ0) is 7.40. The van der Waals surface area contributed by atoms with Crippen LogP contribution in [-0.4, -0.2) is 31.6 Å². The summed E-state index contributed by atoms with van der Waals surface area (Å²) in [6.07, 6.45) is 2.66. The number of piperidine rings is 1. The van der Waals surface area contributed by atoms with Gasteiger partial charge in [-0.15, -0.1) is 0 Å². The Kier molecular flexibility index (Phi) is 3.16. The summed E-state index contributed by atoms with van der Waals surface area (Å²) in [4.78, 5) is 2.39. The molecule has 2 heteroatoms. The van der Waals surface area contributed by atoms with E-state index in [1.54, 1.807) is 0 Å². The topological polar surface area (TPSA) is 15.3 Å². The number of hydrogen-bond acceptors (Lipinski definition) is 2. The summed E-state index contributed by atoms with van der Waals surface area (Å²) in [5, 5.41) is 2.98. The van der Waals surface area contributed by atoms with E-state index >= 15 is 0 Å². The summed E-state index contributed by atoms with van der Waals surface area (Å²) in [6, 6.07) is 0. The maximum atomic E-state index is 3.64. The van der Waals surface area contributed by atoms with Crippen LogP contribution in [0.25, 0.3) is 0 Å². The largest absolute Gasteiger partial charge is 0.315 e. The van der Waals surface area contributed by atoms with E-state index in [-0.39, 0.29) is 0 Å². The molecule has 1 aliphatic heterocycles. The fourth-order valence-corrected chi connectivity index (χ4v) is 1.47. The van der Waals surface area contributed by atoms with Crippen molar-refractivity contribution in [2.24, 2.45) is 5.92 Å². The third-order valence-electron chi connectivity index (χ3n) is 2.27. The van der Waals surface area contributed by atoms with Gasteiger partial charge < -0.3 is 10.2 Å². The summed E-state index contributed by atoms with van der Waals surface area (Å²) in [5.41, 5.74) is 0. The van der Waals surface area contributed by atoms with Crippen molar-refractivity contribution in [1.82, 2.24) is 10.2 Å². The van der Waals surface area contributed by atoms with E-state index in [4.69, 9.17) is 0 Å². The molecule has 1 radical (unpaired) electrons. The van der Waals surface area contributed by atoms with Crippen LogP contribution in [0, 0.1) is 13.0 Å². The average molecular weight is 141 g/mol. The molecule has 59 valence electrons. The number of rotatable bonds is 2. The van der Waals surface area contributed by atoms with Gasteiger partial charge in [0.05, 0.1) is 0 Å². The van der Waals surface area contributed by atoms with Crippen molar-refractivity contribution >= 4 is 0 Å². The third-order valence-corrected chi connectivity index (χ3v) is 2.27. The maximum Gasteiger partial charge on any atom is 0.00768 e. The van der Waals surface area contributed by atoms with Crippen LogP contribution in [0.3, 0.4) is 0 Å². The molecule has 1 aliphatic rings. The highest BCUT2D eigenvalue weighted by Gasteiger charge is 2.14. The summed E-state index contributed by atoms with van der Waals surface area (Å²) in [5.74, 6) is 0.869. The molecular weight excluding hydrogens is 124 g/mol. The van der Waals surface area contributed by atoms with Crippen molar-refractivity contribution in [1.29, 1.82) is 0 Å². The zero-order valence-corrected chi connectivity index (χ0v) is 6.77. The van der Waals surface area contributed by atoms with Gasteiger partial charge in [0.2, 0.25) is 0 Å². The molecule has 2 nitrogen and oxygen atoms in total. The van der Waals surface area contributed by atoms with Crippen LogP contribution in [0.5, 0.6) is 0 Å². The van der Waals surface area contributed by atoms with Crippen LogP contribution in [0.15, 0.2) is 0 Å². The van der Waals surface area contributed by atoms with E-state index in [2.05, 4.69) is 24.3 Å². The predicted octanol–water partition coefficient (Wildman–Crippen LogP) is 0.709. The Hall–Kier alpha value is -0.0800. The van der Waals surface area contributed by atoms with E-state index in [0.717, 1.165) is 12.5 Å². The summed E-state index contributed by atoms with van der Waals surface area (Å²) in [6.45, 7) is 3.60. The fourth-order valence-electron chi connectivity index (χ4n) is 1.47. The lowest BCUT2D eigenvalue weighted by molar-refractivity contribution is 0.219. The molecule has 0 bridgehead atoms. The SMILES string of the molecule is [CH2]NCC1CCN(C)CC1. The standard InChI is InChI=1S/C8H17N2/c1-9-7-8-3-5-10(2)6-4-8/h8-9H,1,3-7H2,2H3. The van der Waals surface area contributed by atoms with Gasteiger partial charge in [0.25, 0.3) is 0 Å². The molecule has 1 fully saturated rings. The third kappa shape index (κ3) is 2.27. The predicted molar refractivity (Wildman–Crippen MR) is 43.6 cm³/mol. The summed E-state index contributed by atoms with van der Waals surface area (Å²) < 4.78 is 0. The highest BCUT2D eigenvalue weighted by atomic mass is 15.1. The first-order valence-corrected chi connectivity index (χ1v) is 4.01. The highest BCUT2D eigenvalue weighted by Crippen LogP contribution is 2.14. The molecule has 10 heavy (non-hydrogen) atoms. The van der Waals surface area contributed by atoms with Crippen LogP contribution in [-0.2, 0) is 0 Å². The van der Waals surface area contributed by atoms with E-state index in [1.807, 2.05) is 0 Å². The molecule has 1 rings (SSSR count). The number of hydrogen-bond donors (Lipinski definition) is 1. The quantitative estimate of drug-likeness (QED) is 0.609. The number of nitrogens with zero attached hydrogens (tertiary/aromatic N) is 1. The first kappa shape index (κ1) is 8.02. The normalized spacial score (nSPS) is 23.4. The van der Waals surface area contributed by atoms with E-state index in [1.165, 1.54) is 25.9 Å². The molecule has 0 unspecified atom stereocenters. The molecule has 1 heterocycles. The van der Waals surface area contributed by atoms with Crippen LogP contribution in [0.4, 0.5) is 0 Å². The minimum Gasteiger partial charge on any atom is -0.315 e. The maximum absolute atomic E-state index is 3.64. The second-order valence-electron chi connectivity index (χ2n) is 3.20. The average Bonchev–Trinajstić information content (AvgIpc) is 1.95. The molecule has 0 amide bonds. The minimum absolute atomic E-state index is 0.869. The molecule has 0 spiro atoms. The molecule has 0 atom stereocenters. The zero-order valence-electron chi connectivity index (χ0n) is 6.77. The van der Waals surface area contributed by atoms with Crippen molar-refractivity contribution in [2.45, 2.75) is 12.8 Å². The fraction of sp³-hybridized carbons (Fsp3) is 0.875. The summed E-state index contributed by atoms with van der Waals surface area (Å²) in [7, 11) is 5.82. The van der Waals surface area contributed by atoms with Gasteiger partial charge in [-0.2, -0.15) is 0 Å². The van der Waals surface area contributed by atoms with Crippen LogP contribution in [0.1, 0.15) is 12.8 Å². The Morgan fingerprint density at radius 1 is 1.50 bits per heavy atom. The van der Waals surface area contributed by atoms with Gasteiger partial charge in [-0.05, 0) is 45.4 Å². The van der Waals surface area contributed by atoms with Crippen molar-refractivity contribution < 1.29 is 0 Å². The Morgan fingerprint density at radius 2 is 2.10 bits per heavy atom. The van der Waals surface area contributed by atoms with Crippen molar-refractivity contribution in [3.05, 3.63) is 7.05 Å². The summed E-state index contributed by atoms with van der Waals surface area (Å²) >= 11 is 0. The Bertz CT molecular complexity index is 85.3. The van der Waals surface area contributed by atoms with E-state index < -0.39 is 0 Å². The number of likely N-dealkylation sites (tertiary alicyclic amines) is 1. The molecule has 0 aliphatic carbocycles. The lowest BCUT2D eigenvalue weighted by Gasteiger charge is -2.28. The highest BCUT2D eigenvalue weighted by molar-refractivity contribution is 4.71. The smallest absolute Gasteiger partial charge is 0.00768 e. The van der Waals surface area contributed by atoms with Gasteiger partial charge in [0.1, 0.15) is 0 Å². The Labute approximate surface area is 63.6 Å². The molecule has 1 saturated heterocycles. The molecular formula is C8H17N2. The Balaban J connectivity index is 2.13. The van der Waals surface area contributed by atoms with Crippen molar-refractivity contribution in [3.63, 3.8) is 0 Å². The first-order chi connectivity index (χ1) is 4.83. The van der Waals surface area contributed by atoms with Gasteiger partial charge in [-0.25, -0.2) is 0 Å². The number of nitrogens with one attached hydrogen (secondary N) is 1. The molecule has 1 N–H and O–H groups in total. The second kappa shape index (κ2) is 3.94. The van der Waals surface area contributed by atoms with Crippen LogP contribution < -0.4 is 5.32 Å². The lowest BCUT2D eigenvalue weighted by Crippen LogP contribution is -2.33. The monoisotopic (exact) mass is 141 g/mol. The van der Waals surface area contributed by atoms with Gasteiger partial charge >= 0.3 is 0 Å². The lowest BCUT2D eigenvalue weighted by atomic mass is 9.97. The van der Waals surface area contributed by atoms with E-state index in [9.17, 15) is 0 Å². The van der Waals surface area contributed by atoms with Gasteiger partial charge in [0, 0.05) is 7.05 Å². The van der Waals surface area contributed by atoms with Crippen molar-refractivity contribution in [2.75, 3.05) is 26.7 Å². The van der Waals surface area contributed by atoms with E-state index in [0.29, 0.717) is 0 Å². The molecule has 0 aromatic carbocycles. The van der Waals surface area contributed by atoms with Gasteiger partial charge in [0.15, 0.2) is 0 Å². The molecule has 0 saturated carbocycles. The van der Waals surface area contributed by atoms with Gasteiger partial charge in [-0.1, -0.05) is 0 Å². The second-order valence-corrected chi connectivity index (χ2v) is 3.20. The van der Waals surface area contributed by atoms with Crippen LogP contribution >= 0.6 is 0 Å². The van der Waals surface area contributed by atoms with Crippen molar-refractivity contribution in [3.8, 4) is 0 Å². The molecule has 0 aromatic heterocycles. The Morgan fingerprint density at radius 3 is 2.60 bits per heavy atom. The van der Waals surface area contributed by atoms with Gasteiger partial charge in [-0.3, -0.25) is 0 Å². The minimum atomic E-state index is 0.869.